The van der Waals surface area contributed by atoms with Crippen molar-refractivity contribution in [2.75, 3.05) is 0 Å². The van der Waals surface area contributed by atoms with Crippen LogP contribution in [0.5, 0.6) is 0 Å². The normalized spacial score (nSPS) is 8.91. The SMILES string of the molecule is Fc1cccc(Br)c1N=C=S. The molecule has 11 heavy (non-hydrogen) atoms. The molecule has 0 aliphatic carbocycles. The molecule has 0 spiro atoms. The van der Waals surface area contributed by atoms with E-state index in [1.54, 1.807) is 12.1 Å². The molecule has 0 amide bonds. The number of hydrogen-bond donors (Lipinski definition) is 0. The third-order valence-corrected chi connectivity index (χ3v) is 1.83. The average molecular weight is 232 g/mol. The fourth-order valence-electron chi connectivity index (χ4n) is 0.641. The zero-order valence-corrected chi connectivity index (χ0v) is 7.75. The summed E-state index contributed by atoms with van der Waals surface area (Å²) in [6.07, 6.45) is 0. The average Bonchev–Trinajstić information content (AvgIpc) is 1.97. The Hall–Kier alpha value is -0.570. The zero-order valence-electron chi connectivity index (χ0n) is 5.34. The van der Waals surface area contributed by atoms with Crippen molar-refractivity contribution in [2.45, 2.75) is 0 Å². The van der Waals surface area contributed by atoms with E-state index in [4.69, 9.17) is 0 Å². The molecule has 0 N–H and O–H groups in total. The molecule has 0 saturated heterocycles. The molecule has 0 saturated carbocycles. The van der Waals surface area contributed by atoms with Crippen LogP contribution in [0.25, 0.3) is 0 Å². The molecule has 1 aromatic rings. The van der Waals surface area contributed by atoms with Gasteiger partial charge in [-0.25, -0.2) is 4.39 Å². The summed E-state index contributed by atoms with van der Waals surface area (Å²) in [5.41, 5.74) is 0.197. The highest BCUT2D eigenvalue weighted by Gasteiger charge is 2.02. The summed E-state index contributed by atoms with van der Waals surface area (Å²) in [4.78, 5) is 3.55. The summed E-state index contributed by atoms with van der Waals surface area (Å²) in [5.74, 6) is -0.406. The molecular formula is C7H3BrFNS. The standard InChI is InChI=1S/C7H3BrFNS/c8-5-2-1-3-6(9)7(5)10-4-11/h1-3H. The molecule has 56 valence electrons. The van der Waals surface area contributed by atoms with Crippen LogP contribution in [0.1, 0.15) is 0 Å². The van der Waals surface area contributed by atoms with Crippen molar-refractivity contribution in [3.8, 4) is 0 Å². The largest absolute Gasteiger partial charge is 0.205 e. The Labute approximate surface area is 77.1 Å². The summed E-state index contributed by atoms with van der Waals surface area (Å²) >= 11 is 7.48. The molecular weight excluding hydrogens is 229 g/mol. The Balaban J connectivity index is 3.31. The van der Waals surface area contributed by atoms with Gasteiger partial charge in [0.1, 0.15) is 5.69 Å². The summed E-state index contributed by atoms with van der Waals surface area (Å²) in [5, 5.41) is 2.10. The molecule has 0 bridgehead atoms. The Morgan fingerprint density at radius 1 is 1.55 bits per heavy atom. The van der Waals surface area contributed by atoms with Gasteiger partial charge in [0.2, 0.25) is 0 Å². The maximum absolute atomic E-state index is 12.8. The lowest BCUT2D eigenvalue weighted by Crippen LogP contribution is -1.75. The van der Waals surface area contributed by atoms with E-state index in [9.17, 15) is 4.39 Å². The molecule has 1 rings (SSSR count). The minimum atomic E-state index is -0.406. The third kappa shape index (κ3) is 1.93. The van der Waals surface area contributed by atoms with Crippen LogP contribution in [-0.2, 0) is 0 Å². The van der Waals surface area contributed by atoms with E-state index >= 15 is 0 Å². The number of thiocarbonyl (C=S) groups is 1. The zero-order chi connectivity index (χ0) is 8.27. The quantitative estimate of drug-likeness (QED) is 0.534. The van der Waals surface area contributed by atoms with Gasteiger partial charge in [0.25, 0.3) is 0 Å². The minimum Gasteiger partial charge on any atom is -0.205 e. The molecule has 0 aliphatic heterocycles. The summed E-state index contributed by atoms with van der Waals surface area (Å²) < 4.78 is 13.4. The van der Waals surface area contributed by atoms with E-state index in [1.807, 2.05) is 0 Å². The first-order valence-electron chi connectivity index (χ1n) is 2.77. The molecule has 0 atom stereocenters. The summed E-state index contributed by atoms with van der Waals surface area (Å²) in [6.45, 7) is 0. The van der Waals surface area contributed by atoms with E-state index in [0.29, 0.717) is 4.47 Å². The van der Waals surface area contributed by atoms with Gasteiger partial charge in [-0.3, -0.25) is 0 Å². The lowest BCUT2D eigenvalue weighted by Gasteiger charge is -1.95. The third-order valence-electron chi connectivity index (χ3n) is 1.09. The number of nitrogens with zero attached hydrogens (tertiary/aromatic N) is 1. The lowest BCUT2D eigenvalue weighted by molar-refractivity contribution is 0.629. The van der Waals surface area contributed by atoms with Crippen molar-refractivity contribution in [1.82, 2.24) is 0 Å². The van der Waals surface area contributed by atoms with Crippen molar-refractivity contribution in [1.29, 1.82) is 0 Å². The van der Waals surface area contributed by atoms with Gasteiger partial charge < -0.3 is 0 Å². The Morgan fingerprint density at radius 3 is 2.82 bits per heavy atom. The van der Waals surface area contributed by atoms with Crippen molar-refractivity contribution >= 4 is 39.0 Å². The van der Waals surface area contributed by atoms with Gasteiger partial charge >= 0.3 is 0 Å². The molecule has 4 heteroatoms. The molecule has 0 fully saturated rings. The van der Waals surface area contributed by atoms with Crippen LogP contribution in [0.2, 0.25) is 0 Å². The van der Waals surface area contributed by atoms with Gasteiger partial charge in [0, 0.05) is 4.47 Å². The van der Waals surface area contributed by atoms with E-state index in [2.05, 4.69) is 38.3 Å². The van der Waals surface area contributed by atoms with Crippen molar-refractivity contribution < 1.29 is 4.39 Å². The number of isothiocyanates is 1. The second kappa shape index (κ2) is 3.72. The van der Waals surface area contributed by atoms with E-state index in [-0.39, 0.29) is 5.69 Å². The number of para-hydroxylation sites is 1. The first kappa shape index (κ1) is 8.53. The highest BCUT2D eigenvalue weighted by atomic mass is 79.9. The fraction of sp³-hybridized carbons (Fsp3) is 0. The van der Waals surface area contributed by atoms with Crippen LogP contribution in [0.3, 0.4) is 0 Å². The van der Waals surface area contributed by atoms with Crippen LogP contribution in [0.15, 0.2) is 27.7 Å². The number of hydrogen-bond acceptors (Lipinski definition) is 2. The van der Waals surface area contributed by atoms with Crippen LogP contribution in [-0.4, -0.2) is 5.16 Å². The monoisotopic (exact) mass is 231 g/mol. The van der Waals surface area contributed by atoms with Crippen LogP contribution < -0.4 is 0 Å². The lowest BCUT2D eigenvalue weighted by atomic mass is 10.3. The maximum Gasteiger partial charge on any atom is 0.150 e. The number of halogens is 2. The molecule has 1 nitrogen and oxygen atoms in total. The van der Waals surface area contributed by atoms with Gasteiger partial charge in [-0.2, -0.15) is 4.99 Å². The van der Waals surface area contributed by atoms with Gasteiger partial charge in [0.05, 0.1) is 5.16 Å². The second-order valence-corrected chi connectivity index (χ2v) is 2.81. The van der Waals surface area contributed by atoms with Gasteiger partial charge in [-0.15, -0.1) is 0 Å². The van der Waals surface area contributed by atoms with Gasteiger partial charge in [-0.1, -0.05) is 6.07 Å². The number of aliphatic imine (C=N–C) groups is 1. The molecule has 0 aromatic heterocycles. The minimum absolute atomic E-state index is 0.197. The molecule has 0 radical (unpaired) electrons. The summed E-state index contributed by atoms with van der Waals surface area (Å²) in [6, 6.07) is 4.59. The van der Waals surface area contributed by atoms with Gasteiger partial charge in [-0.05, 0) is 40.3 Å². The first-order valence-corrected chi connectivity index (χ1v) is 3.97. The second-order valence-electron chi connectivity index (χ2n) is 1.77. The highest BCUT2D eigenvalue weighted by molar-refractivity contribution is 9.10. The maximum atomic E-state index is 12.8. The smallest absolute Gasteiger partial charge is 0.150 e. The van der Waals surface area contributed by atoms with Crippen molar-refractivity contribution in [3.05, 3.63) is 28.5 Å². The predicted molar refractivity (Wildman–Crippen MR) is 48.8 cm³/mol. The first-order chi connectivity index (χ1) is 5.25. The van der Waals surface area contributed by atoms with E-state index in [1.165, 1.54) is 6.07 Å². The van der Waals surface area contributed by atoms with E-state index in [0.717, 1.165) is 0 Å². The Bertz CT molecular complexity index is 300. The van der Waals surface area contributed by atoms with Crippen LogP contribution in [0, 0.1) is 5.82 Å². The molecule has 0 aliphatic rings. The fourth-order valence-corrected chi connectivity index (χ4v) is 1.16. The molecule has 0 unspecified atom stereocenters. The van der Waals surface area contributed by atoms with Crippen LogP contribution >= 0.6 is 28.1 Å². The van der Waals surface area contributed by atoms with Gasteiger partial charge in [0.15, 0.2) is 5.82 Å². The van der Waals surface area contributed by atoms with Crippen molar-refractivity contribution in [2.24, 2.45) is 4.99 Å². The summed E-state index contributed by atoms with van der Waals surface area (Å²) in [7, 11) is 0. The number of rotatable bonds is 1. The van der Waals surface area contributed by atoms with Crippen molar-refractivity contribution in [3.63, 3.8) is 0 Å². The Morgan fingerprint density at radius 2 is 2.27 bits per heavy atom. The van der Waals surface area contributed by atoms with E-state index < -0.39 is 5.82 Å². The highest BCUT2D eigenvalue weighted by Crippen LogP contribution is 2.27. The molecule has 1 aromatic carbocycles. The Kier molecular flexibility index (Phi) is 2.88. The topological polar surface area (TPSA) is 12.4 Å². The number of benzene rings is 1. The predicted octanol–water partition coefficient (Wildman–Crippen LogP) is 3.32. The molecule has 0 heterocycles. The van der Waals surface area contributed by atoms with Crippen LogP contribution in [0.4, 0.5) is 10.1 Å².